The Labute approximate surface area is 83.3 Å². The smallest absolute Gasteiger partial charge is 0.195 e. The summed E-state index contributed by atoms with van der Waals surface area (Å²) in [4.78, 5) is 2.61. The van der Waals surface area contributed by atoms with Crippen LogP contribution < -0.4 is 0 Å². The second-order valence-electron chi connectivity index (χ2n) is 3.35. The van der Waals surface area contributed by atoms with E-state index >= 15 is 0 Å². The van der Waals surface area contributed by atoms with Crippen molar-refractivity contribution in [2.45, 2.75) is 13.0 Å². The highest BCUT2D eigenvalue weighted by atomic mass is 19.2. The summed E-state index contributed by atoms with van der Waals surface area (Å²) in [6, 6.07) is 2.12. The molecule has 0 aliphatic carbocycles. The van der Waals surface area contributed by atoms with Crippen molar-refractivity contribution in [3.63, 3.8) is 0 Å². The third-order valence-corrected chi connectivity index (χ3v) is 2.23. The number of benzene rings is 1. The molecular formula is C10H8F3NO. The minimum atomic E-state index is -1.50. The van der Waals surface area contributed by atoms with E-state index in [1.54, 1.807) is 0 Å². The van der Waals surface area contributed by atoms with Crippen LogP contribution in [0, 0.1) is 17.5 Å². The number of aromatic nitrogens is 1. The maximum atomic E-state index is 13.2. The molecule has 0 spiro atoms. The zero-order valence-electron chi connectivity index (χ0n) is 7.81. The van der Waals surface area contributed by atoms with Crippen molar-refractivity contribution in [2.75, 3.05) is 0 Å². The lowest BCUT2D eigenvalue weighted by Crippen LogP contribution is -1.90. The summed E-state index contributed by atoms with van der Waals surface area (Å²) in [5.41, 5.74) is 0.441. The molecule has 0 saturated heterocycles. The van der Waals surface area contributed by atoms with Crippen LogP contribution in [0.15, 0.2) is 12.1 Å². The molecule has 0 aliphatic rings. The van der Waals surface area contributed by atoms with E-state index in [9.17, 15) is 18.3 Å². The summed E-state index contributed by atoms with van der Waals surface area (Å²) in [5.74, 6) is -3.99. The van der Waals surface area contributed by atoms with E-state index in [0.717, 1.165) is 6.07 Å². The fraction of sp³-hybridized carbons (Fsp3) is 0.200. The standard InChI is InChI=1S/C10H8F3NO/c1-4(15)7-2-5-8(14-7)3-6(11)10(13)9(5)12/h2-4,14-15H,1H3. The van der Waals surface area contributed by atoms with Gasteiger partial charge in [0.25, 0.3) is 0 Å². The van der Waals surface area contributed by atoms with Gasteiger partial charge in [0.05, 0.1) is 11.6 Å². The first-order valence-electron chi connectivity index (χ1n) is 4.35. The first-order chi connectivity index (χ1) is 7.00. The molecule has 0 fully saturated rings. The van der Waals surface area contributed by atoms with E-state index in [1.165, 1.54) is 13.0 Å². The van der Waals surface area contributed by atoms with Gasteiger partial charge in [0, 0.05) is 17.1 Å². The van der Waals surface area contributed by atoms with Crippen molar-refractivity contribution >= 4 is 10.9 Å². The van der Waals surface area contributed by atoms with Gasteiger partial charge in [0.1, 0.15) is 0 Å². The molecule has 1 aromatic carbocycles. The van der Waals surface area contributed by atoms with Gasteiger partial charge in [-0.25, -0.2) is 13.2 Å². The molecule has 0 aliphatic heterocycles. The molecule has 5 heteroatoms. The van der Waals surface area contributed by atoms with Crippen LogP contribution in [0.4, 0.5) is 13.2 Å². The predicted octanol–water partition coefficient (Wildman–Crippen LogP) is 2.64. The average Bonchev–Trinajstić information content (AvgIpc) is 2.58. The second-order valence-corrected chi connectivity index (χ2v) is 3.35. The number of nitrogens with one attached hydrogen (secondary N) is 1. The van der Waals surface area contributed by atoms with Crippen molar-refractivity contribution in [1.29, 1.82) is 0 Å². The van der Waals surface area contributed by atoms with Crippen LogP contribution in [0.1, 0.15) is 18.7 Å². The summed E-state index contributed by atoms with van der Waals surface area (Å²) in [6.45, 7) is 1.47. The van der Waals surface area contributed by atoms with Gasteiger partial charge < -0.3 is 10.1 Å². The highest BCUT2D eigenvalue weighted by Crippen LogP contribution is 2.25. The number of hydrogen-bond donors (Lipinski definition) is 2. The number of aromatic amines is 1. The van der Waals surface area contributed by atoms with Crippen molar-refractivity contribution in [3.05, 3.63) is 35.3 Å². The summed E-state index contributed by atoms with van der Waals surface area (Å²) in [5, 5.41) is 9.15. The van der Waals surface area contributed by atoms with Crippen LogP contribution in [0.3, 0.4) is 0 Å². The number of aliphatic hydroxyl groups excluding tert-OH is 1. The van der Waals surface area contributed by atoms with Gasteiger partial charge in [-0.2, -0.15) is 0 Å². The summed E-state index contributed by atoms with van der Waals surface area (Å²) in [7, 11) is 0. The first-order valence-corrected chi connectivity index (χ1v) is 4.35. The molecule has 2 N–H and O–H groups in total. The summed E-state index contributed by atoms with van der Waals surface area (Å²) < 4.78 is 38.9. The Kier molecular flexibility index (Phi) is 2.19. The Morgan fingerprint density at radius 3 is 2.47 bits per heavy atom. The Morgan fingerprint density at radius 2 is 1.87 bits per heavy atom. The molecule has 2 nitrogen and oxygen atoms in total. The number of aliphatic hydroxyl groups is 1. The lowest BCUT2D eigenvalue weighted by molar-refractivity contribution is 0.195. The summed E-state index contributed by atoms with van der Waals surface area (Å²) >= 11 is 0. The maximum Gasteiger partial charge on any atom is 0.195 e. The molecule has 15 heavy (non-hydrogen) atoms. The number of halogens is 3. The number of rotatable bonds is 1. The molecule has 1 heterocycles. The Hall–Kier alpha value is -1.49. The fourth-order valence-electron chi connectivity index (χ4n) is 1.43. The average molecular weight is 215 g/mol. The van der Waals surface area contributed by atoms with Gasteiger partial charge in [0.15, 0.2) is 17.5 Å². The SMILES string of the molecule is CC(O)c1cc2c(F)c(F)c(F)cc2[nH]1. The molecule has 1 aromatic heterocycles. The quantitative estimate of drug-likeness (QED) is 0.705. The zero-order chi connectivity index (χ0) is 11.2. The van der Waals surface area contributed by atoms with E-state index in [1.807, 2.05) is 0 Å². The van der Waals surface area contributed by atoms with Crippen molar-refractivity contribution < 1.29 is 18.3 Å². The van der Waals surface area contributed by atoms with E-state index in [0.29, 0.717) is 5.69 Å². The van der Waals surface area contributed by atoms with Gasteiger partial charge >= 0.3 is 0 Å². The van der Waals surface area contributed by atoms with Gasteiger partial charge in [-0.05, 0) is 13.0 Å². The lowest BCUT2D eigenvalue weighted by Gasteiger charge is -1.97. The molecule has 2 aromatic rings. The highest BCUT2D eigenvalue weighted by molar-refractivity contribution is 5.81. The minimum absolute atomic E-state index is 0.0650. The van der Waals surface area contributed by atoms with E-state index in [2.05, 4.69) is 4.98 Å². The lowest BCUT2D eigenvalue weighted by atomic mass is 10.2. The van der Waals surface area contributed by atoms with Crippen molar-refractivity contribution in [2.24, 2.45) is 0 Å². The van der Waals surface area contributed by atoms with Crippen LogP contribution in [0.2, 0.25) is 0 Å². The molecular weight excluding hydrogens is 207 g/mol. The molecule has 0 amide bonds. The van der Waals surface area contributed by atoms with E-state index in [4.69, 9.17) is 0 Å². The molecule has 80 valence electrons. The predicted molar refractivity (Wildman–Crippen MR) is 48.8 cm³/mol. The molecule has 1 atom stereocenters. The Bertz CT molecular complexity index is 519. The fourth-order valence-corrected chi connectivity index (χ4v) is 1.43. The van der Waals surface area contributed by atoms with Gasteiger partial charge in [-0.3, -0.25) is 0 Å². The maximum absolute atomic E-state index is 13.2. The van der Waals surface area contributed by atoms with Crippen LogP contribution in [-0.4, -0.2) is 10.1 Å². The van der Waals surface area contributed by atoms with E-state index in [-0.39, 0.29) is 10.9 Å². The van der Waals surface area contributed by atoms with Crippen molar-refractivity contribution in [1.82, 2.24) is 4.98 Å². The Balaban J connectivity index is 2.76. The van der Waals surface area contributed by atoms with Gasteiger partial charge in [-0.1, -0.05) is 0 Å². The largest absolute Gasteiger partial charge is 0.387 e. The monoisotopic (exact) mass is 215 g/mol. The van der Waals surface area contributed by atoms with Crippen molar-refractivity contribution in [3.8, 4) is 0 Å². The number of H-pyrrole nitrogens is 1. The van der Waals surface area contributed by atoms with E-state index < -0.39 is 23.6 Å². The summed E-state index contributed by atoms with van der Waals surface area (Å²) in [6.07, 6.45) is -0.845. The third kappa shape index (κ3) is 1.48. The number of hydrogen-bond acceptors (Lipinski definition) is 1. The number of fused-ring (bicyclic) bond motifs is 1. The van der Waals surface area contributed by atoms with Crippen LogP contribution in [-0.2, 0) is 0 Å². The van der Waals surface area contributed by atoms with Gasteiger partial charge in [-0.15, -0.1) is 0 Å². The second kappa shape index (κ2) is 3.27. The Morgan fingerprint density at radius 1 is 1.20 bits per heavy atom. The normalized spacial score (nSPS) is 13.4. The zero-order valence-corrected chi connectivity index (χ0v) is 7.81. The minimum Gasteiger partial charge on any atom is -0.387 e. The molecule has 0 radical (unpaired) electrons. The first kappa shape index (κ1) is 10.0. The topological polar surface area (TPSA) is 36.0 Å². The molecule has 0 saturated carbocycles. The van der Waals surface area contributed by atoms with Crippen LogP contribution in [0.25, 0.3) is 10.9 Å². The van der Waals surface area contributed by atoms with Crippen LogP contribution in [0.5, 0.6) is 0 Å². The third-order valence-electron chi connectivity index (χ3n) is 2.23. The molecule has 2 rings (SSSR count). The van der Waals surface area contributed by atoms with Crippen LogP contribution >= 0.6 is 0 Å². The molecule has 1 unspecified atom stereocenters. The van der Waals surface area contributed by atoms with Gasteiger partial charge in [0.2, 0.25) is 0 Å². The molecule has 0 bridgehead atoms. The highest BCUT2D eigenvalue weighted by Gasteiger charge is 2.16.